The van der Waals surface area contributed by atoms with Crippen LogP contribution in [-0.2, 0) is 14.2 Å². The maximum atomic E-state index is 12.3. The molecule has 2 unspecified atom stereocenters. The zero-order valence-corrected chi connectivity index (χ0v) is 14.5. The third kappa shape index (κ3) is 6.66. The molecule has 1 amide bonds. The lowest BCUT2D eigenvalue weighted by molar-refractivity contribution is -0.00189. The molecule has 1 aliphatic rings. The van der Waals surface area contributed by atoms with Crippen molar-refractivity contribution in [3.8, 4) is 0 Å². The molecule has 1 aliphatic heterocycles. The van der Waals surface area contributed by atoms with Crippen molar-refractivity contribution in [2.45, 2.75) is 84.8 Å². The van der Waals surface area contributed by atoms with Crippen molar-refractivity contribution in [3.63, 3.8) is 0 Å². The highest BCUT2D eigenvalue weighted by Crippen LogP contribution is 2.24. The standard InChI is InChI=1S/C16H31NO4/c1-11(2)19-10-13-8-14(20-12(3)4)9-17(13)15(18)21-16(5,6)7/h11-14H,8-10H2,1-7H3. The summed E-state index contributed by atoms with van der Waals surface area (Å²) in [5, 5.41) is 0. The molecule has 2 atom stereocenters. The van der Waals surface area contributed by atoms with Crippen molar-refractivity contribution in [2.75, 3.05) is 13.2 Å². The molecule has 5 nitrogen and oxygen atoms in total. The molecule has 0 saturated carbocycles. The van der Waals surface area contributed by atoms with E-state index >= 15 is 0 Å². The van der Waals surface area contributed by atoms with E-state index in [1.807, 2.05) is 48.5 Å². The van der Waals surface area contributed by atoms with Crippen LogP contribution in [0.25, 0.3) is 0 Å². The molecule has 0 aliphatic carbocycles. The highest BCUT2D eigenvalue weighted by molar-refractivity contribution is 5.69. The summed E-state index contributed by atoms with van der Waals surface area (Å²) in [6.07, 6.45) is 0.869. The second-order valence-electron chi connectivity index (χ2n) is 7.21. The van der Waals surface area contributed by atoms with Crippen LogP contribution in [0.4, 0.5) is 4.79 Å². The van der Waals surface area contributed by atoms with E-state index < -0.39 is 5.60 Å². The van der Waals surface area contributed by atoms with E-state index in [4.69, 9.17) is 14.2 Å². The lowest BCUT2D eigenvalue weighted by Gasteiger charge is -2.28. The SMILES string of the molecule is CC(C)OCC1CC(OC(C)C)CN1C(=O)OC(C)(C)C. The van der Waals surface area contributed by atoms with E-state index in [1.54, 1.807) is 4.90 Å². The van der Waals surface area contributed by atoms with Gasteiger partial charge in [-0.3, -0.25) is 0 Å². The minimum absolute atomic E-state index is 0.0194. The fourth-order valence-electron chi connectivity index (χ4n) is 2.36. The van der Waals surface area contributed by atoms with Crippen LogP contribution in [0, 0.1) is 0 Å². The van der Waals surface area contributed by atoms with E-state index in [-0.39, 0.29) is 30.4 Å². The van der Waals surface area contributed by atoms with Gasteiger partial charge >= 0.3 is 6.09 Å². The van der Waals surface area contributed by atoms with Gasteiger partial charge in [0.05, 0.1) is 37.5 Å². The number of hydrogen-bond acceptors (Lipinski definition) is 4. The Labute approximate surface area is 128 Å². The van der Waals surface area contributed by atoms with Gasteiger partial charge in [0.25, 0.3) is 0 Å². The molecule has 21 heavy (non-hydrogen) atoms. The van der Waals surface area contributed by atoms with E-state index in [0.717, 1.165) is 6.42 Å². The van der Waals surface area contributed by atoms with Gasteiger partial charge in [-0.1, -0.05) is 0 Å². The van der Waals surface area contributed by atoms with Crippen molar-refractivity contribution >= 4 is 6.09 Å². The molecule has 0 bridgehead atoms. The molecular formula is C16H31NO4. The highest BCUT2D eigenvalue weighted by Gasteiger charge is 2.38. The van der Waals surface area contributed by atoms with E-state index in [9.17, 15) is 4.79 Å². The number of amides is 1. The normalized spacial score (nSPS) is 23.2. The van der Waals surface area contributed by atoms with Crippen LogP contribution < -0.4 is 0 Å². The Morgan fingerprint density at radius 1 is 1.19 bits per heavy atom. The number of ether oxygens (including phenoxy) is 3. The zero-order valence-electron chi connectivity index (χ0n) is 14.5. The van der Waals surface area contributed by atoms with Gasteiger partial charge in [0.2, 0.25) is 0 Å². The van der Waals surface area contributed by atoms with Gasteiger partial charge in [0.1, 0.15) is 5.60 Å². The van der Waals surface area contributed by atoms with Crippen LogP contribution in [0.2, 0.25) is 0 Å². The molecule has 0 aromatic heterocycles. The Bertz CT molecular complexity index is 336. The van der Waals surface area contributed by atoms with Crippen molar-refractivity contribution in [1.29, 1.82) is 0 Å². The van der Waals surface area contributed by atoms with Crippen LogP contribution in [0.15, 0.2) is 0 Å². The second-order valence-corrected chi connectivity index (χ2v) is 7.21. The number of carbonyl (C=O) groups is 1. The molecule has 1 saturated heterocycles. The first kappa shape index (κ1) is 18.2. The maximum Gasteiger partial charge on any atom is 0.410 e. The first-order valence-electron chi connectivity index (χ1n) is 7.85. The van der Waals surface area contributed by atoms with Crippen LogP contribution in [0.5, 0.6) is 0 Å². The van der Waals surface area contributed by atoms with Crippen molar-refractivity contribution in [3.05, 3.63) is 0 Å². The molecule has 5 heteroatoms. The van der Waals surface area contributed by atoms with Gasteiger partial charge in [0.15, 0.2) is 0 Å². The maximum absolute atomic E-state index is 12.3. The van der Waals surface area contributed by atoms with Crippen LogP contribution in [0.3, 0.4) is 0 Å². The molecule has 0 radical (unpaired) electrons. The van der Waals surface area contributed by atoms with Gasteiger partial charge in [0, 0.05) is 0 Å². The summed E-state index contributed by atoms with van der Waals surface area (Å²) in [4.78, 5) is 14.1. The second kappa shape index (κ2) is 7.45. The van der Waals surface area contributed by atoms with Crippen LogP contribution in [0.1, 0.15) is 54.9 Å². The van der Waals surface area contributed by atoms with Crippen LogP contribution >= 0.6 is 0 Å². The predicted molar refractivity (Wildman–Crippen MR) is 82.4 cm³/mol. The molecule has 1 rings (SSSR count). The molecule has 0 spiro atoms. The molecule has 0 N–H and O–H groups in total. The van der Waals surface area contributed by atoms with Gasteiger partial charge in [-0.2, -0.15) is 0 Å². The third-order valence-electron chi connectivity index (χ3n) is 3.09. The fraction of sp³-hybridized carbons (Fsp3) is 0.938. The summed E-state index contributed by atoms with van der Waals surface area (Å²) in [6, 6.07) is 0.0194. The van der Waals surface area contributed by atoms with Gasteiger partial charge < -0.3 is 19.1 Å². The van der Waals surface area contributed by atoms with Crippen molar-refractivity contribution < 1.29 is 19.0 Å². The first-order chi connectivity index (χ1) is 9.58. The zero-order chi connectivity index (χ0) is 16.2. The van der Waals surface area contributed by atoms with Crippen molar-refractivity contribution in [1.82, 2.24) is 4.90 Å². The number of hydrogen-bond donors (Lipinski definition) is 0. The summed E-state index contributed by atoms with van der Waals surface area (Å²) < 4.78 is 17.0. The molecular weight excluding hydrogens is 270 g/mol. The van der Waals surface area contributed by atoms with Gasteiger partial charge in [-0.15, -0.1) is 0 Å². The fourth-order valence-corrected chi connectivity index (χ4v) is 2.36. The Morgan fingerprint density at radius 2 is 1.81 bits per heavy atom. The number of likely N-dealkylation sites (tertiary alicyclic amines) is 1. The Kier molecular flexibility index (Phi) is 6.47. The topological polar surface area (TPSA) is 48.0 Å². The summed E-state index contributed by atoms with van der Waals surface area (Å²) in [5.41, 5.74) is -0.489. The van der Waals surface area contributed by atoms with E-state index in [1.165, 1.54) is 0 Å². The number of carbonyl (C=O) groups excluding carboxylic acids is 1. The van der Waals surface area contributed by atoms with Gasteiger partial charge in [-0.25, -0.2) is 4.79 Å². The summed E-state index contributed by atoms with van der Waals surface area (Å²) in [5.74, 6) is 0. The summed E-state index contributed by atoms with van der Waals surface area (Å²) >= 11 is 0. The van der Waals surface area contributed by atoms with E-state index in [0.29, 0.717) is 13.2 Å². The molecule has 1 fully saturated rings. The lowest BCUT2D eigenvalue weighted by atomic mass is 10.2. The molecule has 0 aromatic carbocycles. The number of rotatable bonds is 5. The predicted octanol–water partition coefficient (Wildman–Crippen LogP) is 3.21. The minimum atomic E-state index is -0.489. The lowest BCUT2D eigenvalue weighted by Crippen LogP contribution is -2.42. The highest BCUT2D eigenvalue weighted by atomic mass is 16.6. The summed E-state index contributed by atoms with van der Waals surface area (Å²) in [6.45, 7) is 14.7. The number of nitrogens with zero attached hydrogens (tertiary/aromatic N) is 1. The third-order valence-corrected chi connectivity index (χ3v) is 3.09. The molecule has 124 valence electrons. The average molecular weight is 301 g/mol. The Morgan fingerprint density at radius 3 is 2.29 bits per heavy atom. The Balaban J connectivity index is 2.68. The average Bonchev–Trinajstić information content (AvgIpc) is 2.66. The first-order valence-corrected chi connectivity index (χ1v) is 7.85. The largest absolute Gasteiger partial charge is 0.444 e. The quantitative estimate of drug-likeness (QED) is 0.782. The smallest absolute Gasteiger partial charge is 0.410 e. The van der Waals surface area contributed by atoms with Crippen LogP contribution in [-0.4, -0.2) is 54.1 Å². The summed E-state index contributed by atoms with van der Waals surface area (Å²) in [7, 11) is 0. The minimum Gasteiger partial charge on any atom is -0.444 e. The monoisotopic (exact) mass is 301 g/mol. The van der Waals surface area contributed by atoms with E-state index in [2.05, 4.69) is 0 Å². The molecule has 1 heterocycles. The van der Waals surface area contributed by atoms with Gasteiger partial charge in [-0.05, 0) is 54.9 Å². The molecule has 0 aromatic rings. The van der Waals surface area contributed by atoms with Crippen molar-refractivity contribution in [2.24, 2.45) is 0 Å². The Hall–Kier alpha value is -0.810.